The summed E-state index contributed by atoms with van der Waals surface area (Å²) in [5.74, 6) is -2.92. The van der Waals surface area contributed by atoms with Crippen molar-refractivity contribution in [2.75, 3.05) is 13.1 Å². The van der Waals surface area contributed by atoms with Crippen LogP contribution in [0.1, 0.15) is 13.3 Å². The van der Waals surface area contributed by atoms with Crippen molar-refractivity contribution in [3.63, 3.8) is 0 Å². The van der Waals surface area contributed by atoms with E-state index in [1.165, 1.54) is 0 Å². The van der Waals surface area contributed by atoms with Gasteiger partial charge in [-0.05, 0) is 6.42 Å². The Morgan fingerprint density at radius 3 is 2.48 bits per heavy atom. The Bertz CT molecular complexity index is 700. The first-order chi connectivity index (χ1) is 9.75. The molecule has 0 spiro atoms. The molecule has 0 aliphatic rings. The van der Waals surface area contributed by atoms with Crippen LogP contribution in [0.3, 0.4) is 0 Å². The van der Waals surface area contributed by atoms with Crippen LogP contribution in [0.4, 0.5) is 14.5 Å². The zero-order chi connectivity index (χ0) is 16.2. The van der Waals surface area contributed by atoms with Gasteiger partial charge in [0.05, 0.1) is 11.0 Å². The number of nitro benzene ring substituents is 1. The Balaban J connectivity index is 3.46. The quantitative estimate of drug-likeness (QED) is 0.451. The average molecular weight is 319 g/mol. The number of hydrogen-bond acceptors (Lipinski definition) is 5. The molecule has 114 valence electrons. The molecule has 0 bridgehead atoms. The molecule has 7 nitrogen and oxygen atoms in total. The molecule has 0 aromatic heterocycles. The molecule has 0 aliphatic heterocycles. The van der Waals surface area contributed by atoms with Crippen molar-refractivity contribution in [2.45, 2.75) is 18.2 Å². The van der Waals surface area contributed by atoms with Gasteiger partial charge in [-0.3, -0.25) is 10.1 Å². The van der Waals surface area contributed by atoms with E-state index < -0.39 is 43.7 Å². The highest BCUT2D eigenvalue weighted by atomic mass is 32.2. The van der Waals surface area contributed by atoms with Crippen LogP contribution in [-0.4, -0.2) is 30.7 Å². The summed E-state index contributed by atoms with van der Waals surface area (Å²) in [5.41, 5.74) is -1.15. The molecule has 21 heavy (non-hydrogen) atoms. The highest BCUT2D eigenvalue weighted by Gasteiger charge is 2.30. The fourth-order valence-corrected chi connectivity index (χ4v) is 3.10. The maximum absolute atomic E-state index is 13.7. The predicted octanol–water partition coefficient (Wildman–Crippen LogP) is 1.80. The van der Waals surface area contributed by atoms with Crippen LogP contribution in [0.25, 0.3) is 0 Å². The van der Waals surface area contributed by atoms with Crippen molar-refractivity contribution >= 4 is 15.7 Å². The van der Waals surface area contributed by atoms with Crippen LogP contribution >= 0.6 is 0 Å². The van der Waals surface area contributed by atoms with E-state index in [2.05, 4.69) is 0 Å². The van der Waals surface area contributed by atoms with E-state index in [-0.39, 0.29) is 12.6 Å². The number of nitro groups is 1. The highest BCUT2D eigenvalue weighted by Crippen LogP contribution is 2.27. The number of nitriles is 1. The Kier molecular flexibility index (Phi) is 5.28. The van der Waals surface area contributed by atoms with E-state index in [9.17, 15) is 27.3 Å². The molecule has 1 aromatic carbocycles. The van der Waals surface area contributed by atoms with Gasteiger partial charge in [-0.25, -0.2) is 12.8 Å². The summed E-state index contributed by atoms with van der Waals surface area (Å²) in [6.45, 7) is 1.03. The Hall–Kier alpha value is -2.12. The molecule has 1 rings (SSSR count). The number of sulfonamides is 1. The van der Waals surface area contributed by atoms with E-state index in [1.807, 2.05) is 0 Å². The van der Waals surface area contributed by atoms with Crippen LogP contribution in [0.2, 0.25) is 0 Å². The monoisotopic (exact) mass is 319 g/mol. The zero-order valence-corrected chi connectivity index (χ0v) is 11.7. The predicted molar refractivity (Wildman–Crippen MR) is 67.7 cm³/mol. The third-order valence-electron chi connectivity index (χ3n) is 2.54. The molecule has 0 amide bonds. The first-order valence-electron chi connectivity index (χ1n) is 5.76. The topological polar surface area (TPSA) is 104 Å². The molecule has 0 fully saturated rings. The van der Waals surface area contributed by atoms with Gasteiger partial charge >= 0.3 is 5.69 Å². The lowest BCUT2D eigenvalue weighted by Gasteiger charge is -2.18. The summed E-state index contributed by atoms with van der Waals surface area (Å²) in [4.78, 5) is 8.44. The van der Waals surface area contributed by atoms with Gasteiger partial charge in [0, 0.05) is 18.7 Å². The number of rotatable bonds is 6. The van der Waals surface area contributed by atoms with E-state index in [0.717, 1.165) is 0 Å². The van der Waals surface area contributed by atoms with E-state index >= 15 is 0 Å². The van der Waals surface area contributed by atoms with Gasteiger partial charge in [0.1, 0.15) is 17.3 Å². The molecule has 0 radical (unpaired) electrons. The van der Waals surface area contributed by atoms with Crippen molar-refractivity contribution in [3.8, 4) is 6.07 Å². The van der Waals surface area contributed by atoms with Gasteiger partial charge in [-0.2, -0.15) is 14.0 Å². The largest absolute Gasteiger partial charge is 0.306 e. The molecule has 0 heterocycles. The van der Waals surface area contributed by atoms with Crippen molar-refractivity contribution in [1.29, 1.82) is 5.26 Å². The van der Waals surface area contributed by atoms with Gasteiger partial charge < -0.3 is 0 Å². The van der Waals surface area contributed by atoms with Crippen LogP contribution in [0.15, 0.2) is 17.0 Å². The number of halogens is 2. The van der Waals surface area contributed by atoms with Crippen molar-refractivity contribution in [2.24, 2.45) is 0 Å². The van der Waals surface area contributed by atoms with Crippen LogP contribution < -0.4 is 0 Å². The normalized spacial score (nSPS) is 11.4. The second-order valence-corrected chi connectivity index (χ2v) is 5.89. The van der Waals surface area contributed by atoms with Gasteiger partial charge in [-0.15, -0.1) is 0 Å². The Morgan fingerprint density at radius 2 is 2.00 bits per heavy atom. The lowest BCUT2D eigenvalue weighted by molar-refractivity contribution is -0.387. The number of nitrogens with zero attached hydrogens (tertiary/aromatic N) is 3. The minimum absolute atomic E-state index is 0.0689. The average Bonchev–Trinajstić information content (AvgIpc) is 2.37. The van der Waals surface area contributed by atoms with Crippen LogP contribution in [0.5, 0.6) is 0 Å². The van der Waals surface area contributed by atoms with E-state index in [1.54, 1.807) is 13.0 Å². The number of hydrogen-bond donors (Lipinski definition) is 0. The Labute approximate surface area is 119 Å². The van der Waals surface area contributed by atoms with Gasteiger partial charge in [-0.1, -0.05) is 6.92 Å². The van der Waals surface area contributed by atoms with Gasteiger partial charge in [0.2, 0.25) is 15.8 Å². The van der Waals surface area contributed by atoms with Crippen LogP contribution in [-0.2, 0) is 10.0 Å². The fourth-order valence-electron chi connectivity index (χ4n) is 1.61. The molecule has 0 atom stereocenters. The molecule has 0 saturated carbocycles. The lowest BCUT2D eigenvalue weighted by atomic mass is 10.3. The minimum Gasteiger partial charge on any atom is -0.258 e. The van der Waals surface area contributed by atoms with E-state index in [4.69, 9.17) is 5.26 Å². The first kappa shape index (κ1) is 16.9. The summed E-state index contributed by atoms with van der Waals surface area (Å²) in [6.07, 6.45) is 0.353. The van der Waals surface area contributed by atoms with Crippen molar-refractivity contribution in [1.82, 2.24) is 4.31 Å². The maximum Gasteiger partial charge on any atom is 0.306 e. The standard InChI is InChI=1S/C11H11F2N3O4S/c1-2-4-15(5-3-14)21(19,20)11-7-10(16(17)18)8(12)6-9(11)13/h6-7H,2,4-5H2,1H3. The third kappa shape index (κ3) is 3.50. The Morgan fingerprint density at radius 1 is 1.38 bits per heavy atom. The smallest absolute Gasteiger partial charge is 0.258 e. The second-order valence-electron chi connectivity index (χ2n) is 3.99. The molecular formula is C11H11F2N3O4S. The molecule has 0 saturated heterocycles. The summed E-state index contributed by atoms with van der Waals surface area (Å²) in [6, 6.07) is 2.07. The summed E-state index contributed by atoms with van der Waals surface area (Å²) < 4.78 is 52.0. The first-order valence-corrected chi connectivity index (χ1v) is 7.20. The van der Waals surface area contributed by atoms with Crippen LogP contribution in [0, 0.1) is 33.1 Å². The van der Waals surface area contributed by atoms with Gasteiger partial charge in [0.15, 0.2) is 0 Å². The molecular weight excluding hydrogens is 308 g/mol. The summed E-state index contributed by atoms with van der Waals surface area (Å²) >= 11 is 0. The summed E-state index contributed by atoms with van der Waals surface area (Å²) in [7, 11) is -4.46. The van der Waals surface area contributed by atoms with Crippen molar-refractivity contribution in [3.05, 3.63) is 33.9 Å². The lowest BCUT2D eigenvalue weighted by Crippen LogP contribution is -2.33. The number of benzene rings is 1. The molecule has 1 aromatic rings. The second kappa shape index (κ2) is 6.55. The summed E-state index contributed by atoms with van der Waals surface area (Å²) in [5, 5.41) is 19.2. The minimum atomic E-state index is -4.46. The molecule has 0 N–H and O–H groups in total. The van der Waals surface area contributed by atoms with Gasteiger partial charge in [0.25, 0.3) is 0 Å². The SMILES string of the molecule is CCCN(CC#N)S(=O)(=O)c1cc([N+](=O)[O-])c(F)cc1F. The van der Waals surface area contributed by atoms with Crippen molar-refractivity contribution < 1.29 is 22.1 Å². The third-order valence-corrected chi connectivity index (χ3v) is 4.40. The maximum atomic E-state index is 13.7. The highest BCUT2D eigenvalue weighted by molar-refractivity contribution is 7.89. The fraction of sp³-hybridized carbons (Fsp3) is 0.364. The van der Waals surface area contributed by atoms with E-state index in [0.29, 0.717) is 16.8 Å². The molecule has 0 aliphatic carbocycles. The molecule has 0 unspecified atom stereocenters. The zero-order valence-electron chi connectivity index (χ0n) is 10.9. The molecule has 10 heteroatoms.